The van der Waals surface area contributed by atoms with Crippen LogP contribution in [0.2, 0.25) is 0 Å². The molecule has 150 valence electrons. The van der Waals surface area contributed by atoms with Gasteiger partial charge in [-0.2, -0.15) is 0 Å². The first-order chi connectivity index (χ1) is 13.8. The third-order valence-corrected chi connectivity index (χ3v) is 6.00. The summed E-state index contributed by atoms with van der Waals surface area (Å²) in [7, 11) is -2.06. The van der Waals surface area contributed by atoms with Crippen molar-refractivity contribution in [1.29, 1.82) is 0 Å². The van der Waals surface area contributed by atoms with Gasteiger partial charge in [-0.3, -0.25) is 9.10 Å². The number of rotatable bonds is 6. The molecule has 1 amide bonds. The fourth-order valence-corrected chi connectivity index (χ4v) is 3.61. The van der Waals surface area contributed by atoms with Gasteiger partial charge in [-0.15, -0.1) is 0 Å². The number of aryl methyl sites for hydroxylation is 1. The fourth-order valence-electron chi connectivity index (χ4n) is 3.09. The van der Waals surface area contributed by atoms with E-state index in [0.29, 0.717) is 11.3 Å². The van der Waals surface area contributed by atoms with E-state index in [9.17, 15) is 13.2 Å². The van der Waals surface area contributed by atoms with Crippen LogP contribution in [0.3, 0.4) is 0 Å². The standard InChI is InChI=1S/C23H24N2O3S/c1-17-13-15-19(16-14-17)22(18-9-5-4-6-10-18)24-23(26)20-11-7-8-12-21(20)25(2)29(3,27)28/h4-16,22H,1-3H3,(H,24,26)/t22-/m0/s1. The van der Waals surface area contributed by atoms with Crippen molar-refractivity contribution in [3.05, 3.63) is 101 Å². The molecule has 0 aromatic heterocycles. The van der Waals surface area contributed by atoms with Crippen LogP contribution in [0.1, 0.15) is 33.1 Å². The van der Waals surface area contributed by atoms with Crippen molar-refractivity contribution in [3.63, 3.8) is 0 Å². The summed E-state index contributed by atoms with van der Waals surface area (Å²) < 4.78 is 25.1. The number of amides is 1. The van der Waals surface area contributed by atoms with E-state index < -0.39 is 10.0 Å². The lowest BCUT2D eigenvalue weighted by Gasteiger charge is -2.23. The second kappa shape index (κ2) is 8.49. The molecule has 3 rings (SSSR count). The normalized spacial score (nSPS) is 12.2. The predicted molar refractivity (Wildman–Crippen MR) is 117 cm³/mol. The monoisotopic (exact) mass is 408 g/mol. The average molecular weight is 409 g/mol. The number of anilines is 1. The van der Waals surface area contributed by atoms with Crippen LogP contribution in [0, 0.1) is 6.92 Å². The van der Waals surface area contributed by atoms with Crippen molar-refractivity contribution in [2.75, 3.05) is 17.6 Å². The van der Waals surface area contributed by atoms with E-state index >= 15 is 0 Å². The molecule has 0 fully saturated rings. The summed E-state index contributed by atoms with van der Waals surface area (Å²) in [4.78, 5) is 13.2. The highest BCUT2D eigenvalue weighted by atomic mass is 32.2. The number of benzene rings is 3. The van der Waals surface area contributed by atoms with E-state index in [0.717, 1.165) is 27.3 Å². The van der Waals surface area contributed by atoms with Gasteiger partial charge in [0.15, 0.2) is 0 Å². The van der Waals surface area contributed by atoms with Gasteiger partial charge in [0.05, 0.1) is 23.5 Å². The van der Waals surface area contributed by atoms with E-state index in [-0.39, 0.29) is 11.9 Å². The lowest BCUT2D eigenvalue weighted by Crippen LogP contribution is -2.32. The maximum Gasteiger partial charge on any atom is 0.254 e. The van der Waals surface area contributed by atoms with Crippen LogP contribution in [0.5, 0.6) is 0 Å². The molecule has 0 heterocycles. The average Bonchev–Trinajstić information content (AvgIpc) is 2.72. The zero-order valence-corrected chi connectivity index (χ0v) is 17.5. The van der Waals surface area contributed by atoms with Gasteiger partial charge in [-0.25, -0.2) is 8.42 Å². The van der Waals surface area contributed by atoms with E-state index in [4.69, 9.17) is 0 Å². The minimum atomic E-state index is -3.50. The predicted octanol–water partition coefficient (Wildman–Crippen LogP) is 3.91. The second-order valence-corrected chi connectivity index (χ2v) is 8.99. The summed E-state index contributed by atoms with van der Waals surface area (Å²) in [5, 5.41) is 3.07. The first kappa shape index (κ1) is 20.6. The fraction of sp³-hybridized carbons (Fsp3) is 0.174. The molecule has 0 bridgehead atoms. The van der Waals surface area contributed by atoms with Crippen molar-refractivity contribution < 1.29 is 13.2 Å². The molecule has 0 aliphatic rings. The van der Waals surface area contributed by atoms with Gasteiger partial charge >= 0.3 is 0 Å². The van der Waals surface area contributed by atoms with Gasteiger partial charge in [0.2, 0.25) is 10.0 Å². The summed E-state index contributed by atoms with van der Waals surface area (Å²) >= 11 is 0. The first-order valence-corrected chi connectivity index (χ1v) is 11.1. The van der Waals surface area contributed by atoms with Crippen LogP contribution in [0.15, 0.2) is 78.9 Å². The van der Waals surface area contributed by atoms with Crippen LogP contribution < -0.4 is 9.62 Å². The molecule has 6 heteroatoms. The quantitative estimate of drug-likeness (QED) is 0.672. The number of hydrogen-bond acceptors (Lipinski definition) is 3. The second-order valence-electron chi connectivity index (χ2n) is 6.98. The van der Waals surface area contributed by atoms with Crippen molar-refractivity contribution in [3.8, 4) is 0 Å². The summed E-state index contributed by atoms with van der Waals surface area (Å²) in [6, 6.07) is 24.0. The topological polar surface area (TPSA) is 66.5 Å². The van der Waals surface area contributed by atoms with Crippen molar-refractivity contribution in [1.82, 2.24) is 5.32 Å². The molecule has 1 atom stereocenters. The number of carbonyl (C=O) groups is 1. The summed E-state index contributed by atoms with van der Waals surface area (Å²) in [6.45, 7) is 2.01. The van der Waals surface area contributed by atoms with Crippen LogP contribution in [-0.4, -0.2) is 27.6 Å². The molecule has 0 aliphatic heterocycles. The highest BCUT2D eigenvalue weighted by Gasteiger charge is 2.23. The Labute approximate surface area is 172 Å². The molecular formula is C23H24N2O3S. The molecule has 0 saturated heterocycles. The highest BCUT2D eigenvalue weighted by molar-refractivity contribution is 7.92. The minimum Gasteiger partial charge on any atom is -0.341 e. The summed E-state index contributed by atoms with van der Waals surface area (Å²) in [6.07, 6.45) is 1.11. The van der Waals surface area contributed by atoms with Crippen LogP contribution in [-0.2, 0) is 10.0 Å². The number of carbonyl (C=O) groups excluding carboxylic acids is 1. The van der Waals surface area contributed by atoms with Gasteiger partial charge in [0, 0.05) is 7.05 Å². The van der Waals surface area contributed by atoms with E-state index in [2.05, 4.69) is 5.32 Å². The molecule has 1 N–H and O–H groups in total. The molecule has 5 nitrogen and oxygen atoms in total. The van der Waals surface area contributed by atoms with Crippen LogP contribution >= 0.6 is 0 Å². The molecule has 0 aliphatic carbocycles. The maximum atomic E-state index is 13.2. The number of para-hydroxylation sites is 1. The molecule has 0 radical (unpaired) electrons. The lowest BCUT2D eigenvalue weighted by atomic mass is 9.97. The number of nitrogens with zero attached hydrogens (tertiary/aromatic N) is 1. The number of sulfonamides is 1. The van der Waals surface area contributed by atoms with Gasteiger partial charge in [0.1, 0.15) is 0 Å². The summed E-state index contributed by atoms with van der Waals surface area (Å²) in [5.41, 5.74) is 3.66. The molecular weight excluding hydrogens is 384 g/mol. The Morgan fingerprint density at radius 2 is 1.41 bits per heavy atom. The molecule has 0 spiro atoms. The van der Waals surface area contributed by atoms with E-state index in [1.807, 2.05) is 61.5 Å². The highest BCUT2D eigenvalue weighted by Crippen LogP contribution is 2.26. The lowest BCUT2D eigenvalue weighted by molar-refractivity contribution is 0.0943. The SMILES string of the molecule is Cc1ccc([C@@H](NC(=O)c2ccccc2N(C)S(C)(=O)=O)c2ccccc2)cc1. The molecule has 3 aromatic rings. The molecule has 0 saturated carbocycles. The Morgan fingerprint density at radius 1 is 0.862 bits per heavy atom. The van der Waals surface area contributed by atoms with E-state index in [1.54, 1.807) is 24.3 Å². The third kappa shape index (κ3) is 4.84. The van der Waals surface area contributed by atoms with Gasteiger partial charge in [-0.1, -0.05) is 72.3 Å². The van der Waals surface area contributed by atoms with Crippen LogP contribution in [0.4, 0.5) is 5.69 Å². The van der Waals surface area contributed by atoms with Gasteiger partial charge < -0.3 is 5.32 Å². The number of hydrogen-bond donors (Lipinski definition) is 1. The van der Waals surface area contributed by atoms with Gasteiger partial charge in [0.25, 0.3) is 5.91 Å². The summed E-state index contributed by atoms with van der Waals surface area (Å²) in [5.74, 6) is -0.342. The Bertz CT molecular complexity index is 1090. The maximum absolute atomic E-state index is 13.2. The molecule has 3 aromatic carbocycles. The Kier molecular flexibility index (Phi) is 6.03. The van der Waals surface area contributed by atoms with Crippen LogP contribution in [0.25, 0.3) is 0 Å². The smallest absolute Gasteiger partial charge is 0.254 e. The van der Waals surface area contributed by atoms with E-state index in [1.165, 1.54) is 7.05 Å². The largest absolute Gasteiger partial charge is 0.341 e. The Balaban J connectivity index is 1.99. The number of nitrogens with one attached hydrogen (secondary N) is 1. The zero-order valence-electron chi connectivity index (χ0n) is 16.7. The first-order valence-electron chi connectivity index (χ1n) is 9.22. The Morgan fingerprint density at radius 3 is 2.03 bits per heavy atom. The third-order valence-electron chi connectivity index (χ3n) is 4.80. The van der Waals surface area contributed by atoms with Gasteiger partial charge in [-0.05, 0) is 30.2 Å². The van der Waals surface area contributed by atoms with Crippen molar-refractivity contribution in [2.45, 2.75) is 13.0 Å². The Hall–Kier alpha value is -3.12. The molecule has 0 unspecified atom stereocenters. The van der Waals surface area contributed by atoms with Crippen molar-refractivity contribution >= 4 is 21.6 Å². The zero-order chi connectivity index (χ0) is 21.0. The molecule has 29 heavy (non-hydrogen) atoms. The minimum absolute atomic E-state index is 0.300. The van der Waals surface area contributed by atoms with Crippen molar-refractivity contribution in [2.24, 2.45) is 0 Å².